The zero-order chi connectivity index (χ0) is 23.8. The van der Waals surface area contributed by atoms with Crippen LogP contribution in [0, 0.1) is 11.6 Å². The molecule has 2 aromatic carbocycles. The topological polar surface area (TPSA) is 29.5 Å². The summed E-state index contributed by atoms with van der Waals surface area (Å²) in [4.78, 5) is 15.3. The second-order valence-corrected chi connectivity index (χ2v) is 15.8. The molecule has 2 atom stereocenters. The standard InChI is InChI=1S/C25H32BrF2NO2Si/c1-16-20-8-7-9-22(26)21(20)14-19(15-31-32(5,6)25(2,3)4)29(16)24(30)13-17-12-18(27)10-11-23(17)28/h7-12,16,19H,13-15H2,1-6H3/t16-,19+/m0/s1. The van der Waals surface area contributed by atoms with Crippen molar-refractivity contribution < 1.29 is 18.0 Å². The molecule has 0 fully saturated rings. The second kappa shape index (κ2) is 9.35. The maximum absolute atomic E-state index is 14.3. The van der Waals surface area contributed by atoms with Crippen LogP contribution in [0.3, 0.4) is 0 Å². The molecule has 0 aliphatic carbocycles. The first kappa shape index (κ1) is 25.1. The van der Waals surface area contributed by atoms with E-state index in [2.05, 4.69) is 49.8 Å². The molecule has 32 heavy (non-hydrogen) atoms. The third-order valence-electron chi connectivity index (χ3n) is 6.94. The summed E-state index contributed by atoms with van der Waals surface area (Å²) in [6.45, 7) is 13.3. The third kappa shape index (κ3) is 5.15. The molecule has 3 nitrogen and oxygen atoms in total. The molecular formula is C25H32BrF2NO2Si. The molecule has 2 aromatic rings. The first-order chi connectivity index (χ1) is 14.8. The molecule has 0 spiro atoms. The van der Waals surface area contributed by atoms with Gasteiger partial charge in [0.2, 0.25) is 5.91 Å². The van der Waals surface area contributed by atoms with Crippen molar-refractivity contribution in [3.05, 3.63) is 69.2 Å². The summed E-state index contributed by atoms with van der Waals surface area (Å²) >= 11 is 3.66. The smallest absolute Gasteiger partial charge is 0.227 e. The van der Waals surface area contributed by atoms with Gasteiger partial charge in [0.25, 0.3) is 0 Å². The van der Waals surface area contributed by atoms with Crippen molar-refractivity contribution >= 4 is 30.2 Å². The normalized spacial score (nSPS) is 19.1. The molecule has 1 aliphatic rings. The molecule has 3 rings (SSSR count). The summed E-state index contributed by atoms with van der Waals surface area (Å²) in [5.41, 5.74) is 2.31. The largest absolute Gasteiger partial charge is 0.415 e. The number of amides is 1. The van der Waals surface area contributed by atoms with Crippen molar-refractivity contribution in [1.29, 1.82) is 0 Å². The quantitative estimate of drug-likeness (QED) is 0.403. The van der Waals surface area contributed by atoms with Crippen molar-refractivity contribution in [1.82, 2.24) is 4.90 Å². The van der Waals surface area contributed by atoms with E-state index in [1.165, 1.54) is 5.56 Å². The lowest BCUT2D eigenvalue weighted by Gasteiger charge is -2.44. The molecular weight excluding hydrogens is 492 g/mol. The van der Waals surface area contributed by atoms with Crippen LogP contribution in [0.25, 0.3) is 0 Å². The van der Waals surface area contributed by atoms with Crippen molar-refractivity contribution in [3.63, 3.8) is 0 Å². The van der Waals surface area contributed by atoms with Crippen LogP contribution in [-0.2, 0) is 22.1 Å². The lowest BCUT2D eigenvalue weighted by Crippen LogP contribution is -2.52. The van der Waals surface area contributed by atoms with Crippen LogP contribution in [0.1, 0.15) is 50.4 Å². The van der Waals surface area contributed by atoms with Gasteiger partial charge in [0.15, 0.2) is 8.32 Å². The molecule has 0 aromatic heterocycles. The van der Waals surface area contributed by atoms with Crippen LogP contribution in [-0.4, -0.2) is 31.8 Å². The average molecular weight is 525 g/mol. The van der Waals surface area contributed by atoms with Gasteiger partial charge in [-0.05, 0) is 66.9 Å². The van der Waals surface area contributed by atoms with Crippen LogP contribution in [0.2, 0.25) is 18.1 Å². The van der Waals surface area contributed by atoms with Crippen molar-refractivity contribution in [2.45, 2.75) is 70.8 Å². The maximum atomic E-state index is 14.3. The Morgan fingerprint density at radius 2 is 1.91 bits per heavy atom. The third-order valence-corrected chi connectivity index (χ3v) is 12.2. The Labute approximate surface area is 199 Å². The Bertz CT molecular complexity index is 1010. The second-order valence-electron chi connectivity index (χ2n) is 10.1. The van der Waals surface area contributed by atoms with Crippen LogP contribution in [0.15, 0.2) is 40.9 Å². The van der Waals surface area contributed by atoms with E-state index >= 15 is 0 Å². The number of fused-ring (bicyclic) bond motifs is 1. The highest BCUT2D eigenvalue weighted by Gasteiger charge is 2.41. The van der Waals surface area contributed by atoms with Crippen molar-refractivity contribution in [2.24, 2.45) is 0 Å². The van der Waals surface area contributed by atoms with E-state index in [4.69, 9.17) is 4.43 Å². The van der Waals surface area contributed by atoms with Gasteiger partial charge in [-0.15, -0.1) is 0 Å². The van der Waals surface area contributed by atoms with Crippen molar-refractivity contribution in [3.8, 4) is 0 Å². The molecule has 0 saturated heterocycles. The fourth-order valence-corrected chi connectivity index (χ4v) is 5.58. The molecule has 174 valence electrons. The van der Waals surface area contributed by atoms with Crippen molar-refractivity contribution in [2.75, 3.05) is 6.61 Å². The Hall–Kier alpha value is -1.57. The fourth-order valence-electron chi connectivity index (χ4n) is 4.00. The summed E-state index contributed by atoms with van der Waals surface area (Å²) in [5, 5.41) is 0.0469. The fraction of sp³-hybridized carbons (Fsp3) is 0.480. The number of rotatable bonds is 5. The first-order valence-corrected chi connectivity index (χ1v) is 14.7. The van der Waals surface area contributed by atoms with Gasteiger partial charge in [-0.2, -0.15) is 0 Å². The molecule has 1 heterocycles. The molecule has 0 radical (unpaired) electrons. The van der Waals surface area contributed by atoms with Crippen LogP contribution in [0.4, 0.5) is 8.78 Å². The number of hydrogen-bond donors (Lipinski definition) is 0. The number of halogens is 3. The van der Waals surface area contributed by atoms with E-state index < -0.39 is 20.0 Å². The Morgan fingerprint density at radius 1 is 1.22 bits per heavy atom. The number of benzene rings is 2. The summed E-state index contributed by atoms with van der Waals surface area (Å²) in [6.07, 6.45) is 0.459. The SMILES string of the molecule is C[C@H]1c2cccc(Br)c2C[C@H](CO[Si](C)(C)C(C)(C)C)N1C(=O)Cc1cc(F)ccc1F. The van der Waals surface area contributed by atoms with E-state index in [1.54, 1.807) is 0 Å². The van der Waals surface area contributed by atoms with Crippen LogP contribution >= 0.6 is 15.9 Å². The molecule has 7 heteroatoms. The maximum Gasteiger partial charge on any atom is 0.227 e. The monoisotopic (exact) mass is 523 g/mol. The number of carbonyl (C=O) groups excluding carboxylic acids is 1. The molecule has 0 saturated carbocycles. The molecule has 0 bridgehead atoms. The first-order valence-electron chi connectivity index (χ1n) is 11.0. The summed E-state index contributed by atoms with van der Waals surface area (Å²) in [6, 6.07) is 8.85. The van der Waals surface area contributed by atoms with Gasteiger partial charge in [0, 0.05) is 10.0 Å². The van der Waals surface area contributed by atoms with E-state index in [9.17, 15) is 13.6 Å². The minimum atomic E-state index is -2.03. The van der Waals surface area contributed by atoms with Gasteiger partial charge in [-0.1, -0.05) is 48.8 Å². The predicted octanol–water partition coefficient (Wildman–Crippen LogP) is 6.81. The van der Waals surface area contributed by atoms with E-state index in [-0.39, 0.29) is 35.0 Å². The zero-order valence-corrected chi connectivity index (χ0v) is 22.2. The Morgan fingerprint density at radius 3 is 2.56 bits per heavy atom. The number of hydrogen-bond acceptors (Lipinski definition) is 2. The van der Waals surface area contributed by atoms with Gasteiger partial charge < -0.3 is 9.33 Å². The molecule has 1 aliphatic heterocycles. The summed E-state index contributed by atoms with van der Waals surface area (Å²) in [5.74, 6) is -1.34. The van der Waals surface area contributed by atoms with Gasteiger partial charge >= 0.3 is 0 Å². The Balaban J connectivity index is 1.93. The lowest BCUT2D eigenvalue weighted by molar-refractivity contribution is -0.137. The number of nitrogens with zero attached hydrogens (tertiary/aromatic N) is 1. The highest BCUT2D eigenvalue weighted by Crippen LogP contribution is 2.40. The zero-order valence-electron chi connectivity index (χ0n) is 19.6. The summed E-state index contributed by atoms with van der Waals surface area (Å²) < 4.78 is 35.5. The van der Waals surface area contributed by atoms with E-state index in [0.29, 0.717) is 13.0 Å². The minimum Gasteiger partial charge on any atom is -0.415 e. The highest BCUT2D eigenvalue weighted by atomic mass is 79.9. The minimum absolute atomic E-state index is 0.0469. The highest BCUT2D eigenvalue weighted by molar-refractivity contribution is 9.10. The van der Waals surface area contributed by atoms with E-state index in [1.807, 2.05) is 30.0 Å². The average Bonchev–Trinajstić information content (AvgIpc) is 2.69. The van der Waals surface area contributed by atoms with Gasteiger partial charge in [-0.3, -0.25) is 4.79 Å². The predicted molar refractivity (Wildman–Crippen MR) is 130 cm³/mol. The molecule has 0 unspecified atom stereocenters. The van der Waals surface area contributed by atoms with Crippen LogP contribution < -0.4 is 0 Å². The molecule has 0 N–H and O–H groups in total. The van der Waals surface area contributed by atoms with Gasteiger partial charge in [-0.25, -0.2) is 8.78 Å². The van der Waals surface area contributed by atoms with E-state index in [0.717, 1.165) is 28.2 Å². The summed E-state index contributed by atoms with van der Waals surface area (Å²) in [7, 11) is -2.03. The number of carbonyl (C=O) groups is 1. The van der Waals surface area contributed by atoms with Gasteiger partial charge in [0.05, 0.1) is 25.1 Å². The lowest BCUT2D eigenvalue weighted by atomic mass is 9.88. The van der Waals surface area contributed by atoms with Crippen LogP contribution in [0.5, 0.6) is 0 Å². The van der Waals surface area contributed by atoms with Gasteiger partial charge in [0.1, 0.15) is 11.6 Å². The Kier molecular flexibility index (Phi) is 7.32. The molecule has 1 amide bonds.